The Labute approximate surface area is 141 Å². The molecule has 23 heavy (non-hydrogen) atoms. The van der Waals surface area contributed by atoms with Gasteiger partial charge in [-0.1, -0.05) is 42.5 Å². The maximum atomic E-state index is 5.62. The number of rotatable bonds is 5. The van der Waals surface area contributed by atoms with Crippen molar-refractivity contribution in [3.63, 3.8) is 0 Å². The molecular formula is C18H19N3OS. The summed E-state index contributed by atoms with van der Waals surface area (Å²) in [6.45, 7) is 3.55. The molecular weight excluding hydrogens is 306 g/mol. The maximum Gasteiger partial charge on any atom is 0.288 e. The summed E-state index contributed by atoms with van der Waals surface area (Å²) < 4.78 is 7.33. The molecule has 0 atom stereocenters. The lowest BCUT2D eigenvalue weighted by molar-refractivity contribution is 0.240. The third-order valence-corrected chi connectivity index (χ3v) is 4.00. The Hall–Kier alpha value is -2.24. The number of benzene rings is 2. The average Bonchev–Trinajstić information content (AvgIpc) is 2.91. The molecule has 0 amide bonds. The Kier molecular flexibility index (Phi) is 4.69. The van der Waals surface area contributed by atoms with E-state index in [4.69, 9.17) is 16.6 Å². The molecule has 0 saturated carbocycles. The van der Waals surface area contributed by atoms with E-state index in [1.807, 2.05) is 37.4 Å². The third-order valence-electron chi connectivity index (χ3n) is 3.70. The molecule has 0 bridgehead atoms. The molecule has 0 N–H and O–H groups in total. The van der Waals surface area contributed by atoms with Gasteiger partial charge in [0.1, 0.15) is 0 Å². The fourth-order valence-electron chi connectivity index (χ4n) is 2.45. The number of aromatic nitrogens is 2. The Bertz CT molecular complexity index is 839. The minimum absolute atomic E-state index is 0.389. The molecule has 118 valence electrons. The Morgan fingerprint density at radius 2 is 1.78 bits per heavy atom. The summed E-state index contributed by atoms with van der Waals surface area (Å²) in [4.78, 5) is 2.55. The highest BCUT2D eigenvalue weighted by Crippen LogP contribution is 2.17. The van der Waals surface area contributed by atoms with E-state index in [-0.39, 0.29) is 0 Å². The van der Waals surface area contributed by atoms with E-state index in [0.29, 0.717) is 17.4 Å². The lowest BCUT2D eigenvalue weighted by Crippen LogP contribution is -2.22. The molecule has 5 heteroatoms. The number of hydrogen-bond acceptors (Lipinski definition) is 4. The Morgan fingerprint density at radius 3 is 2.52 bits per heavy atom. The molecule has 0 radical (unpaired) electrons. The van der Waals surface area contributed by atoms with E-state index in [2.05, 4.69) is 41.2 Å². The summed E-state index contributed by atoms with van der Waals surface area (Å²) in [7, 11) is 2.05. The minimum atomic E-state index is 0.389. The topological polar surface area (TPSA) is 34.2 Å². The second-order valence-electron chi connectivity index (χ2n) is 5.62. The van der Waals surface area contributed by atoms with Gasteiger partial charge >= 0.3 is 0 Å². The molecule has 0 fully saturated rings. The van der Waals surface area contributed by atoms with Crippen molar-refractivity contribution in [3.8, 4) is 11.5 Å². The predicted octanol–water partition coefficient (Wildman–Crippen LogP) is 4.27. The highest BCUT2D eigenvalue weighted by molar-refractivity contribution is 7.71. The van der Waals surface area contributed by atoms with Crippen LogP contribution in [-0.2, 0) is 13.2 Å². The first-order valence-corrected chi connectivity index (χ1v) is 7.91. The van der Waals surface area contributed by atoms with Crippen LogP contribution in [0.5, 0.6) is 0 Å². The van der Waals surface area contributed by atoms with Gasteiger partial charge < -0.3 is 4.42 Å². The molecule has 0 unspecified atom stereocenters. The largest absolute Gasteiger partial charge is 0.409 e. The molecule has 3 aromatic rings. The molecule has 1 aromatic heterocycles. The summed E-state index contributed by atoms with van der Waals surface area (Å²) in [5.41, 5.74) is 3.51. The fraction of sp³-hybridized carbons (Fsp3) is 0.222. The lowest BCUT2D eigenvalue weighted by atomic mass is 10.1. The zero-order valence-electron chi connectivity index (χ0n) is 13.3. The second-order valence-corrected chi connectivity index (χ2v) is 5.97. The van der Waals surface area contributed by atoms with E-state index in [1.165, 1.54) is 11.1 Å². The van der Waals surface area contributed by atoms with Gasteiger partial charge in [-0.15, -0.1) is 5.10 Å². The van der Waals surface area contributed by atoms with Gasteiger partial charge in [-0.3, -0.25) is 4.90 Å². The first-order valence-electron chi connectivity index (χ1n) is 7.50. The predicted molar refractivity (Wildman–Crippen MR) is 93.4 cm³/mol. The quantitative estimate of drug-likeness (QED) is 0.656. The van der Waals surface area contributed by atoms with Crippen LogP contribution >= 0.6 is 12.2 Å². The number of aryl methyl sites for hydroxylation is 1. The van der Waals surface area contributed by atoms with Crippen molar-refractivity contribution < 1.29 is 4.42 Å². The molecule has 4 nitrogen and oxygen atoms in total. The second kappa shape index (κ2) is 6.89. The van der Waals surface area contributed by atoms with Crippen molar-refractivity contribution in [2.24, 2.45) is 0 Å². The van der Waals surface area contributed by atoms with Gasteiger partial charge in [0.25, 0.3) is 4.84 Å². The van der Waals surface area contributed by atoms with Gasteiger partial charge in [-0.05, 0) is 49.4 Å². The molecule has 0 aliphatic rings. The van der Waals surface area contributed by atoms with Crippen LogP contribution in [-0.4, -0.2) is 21.7 Å². The molecule has 0 aliphatic heterocycles. The third kappa shape index (κ3) is 3.75. The van der Waals surface area contributed by atoms with Crippen LogP contribution in [0, 0.1) is 11.8 Å². The van der Waals surface area contributed by atoms with E-state index in [1.54, 1.807) is 4.68 Å². The zero-order valence-corrected chi connectivity index (χ0v) is 14.1. The van der Waals surface area contributed by atoms with Crippen molar-refractivity contribution in [3.05, 3.63) is 70.6 Å². The highest BCUT2D eigenvalue weighted by atomic mass is 32.1. The van der Waals surface area contributed by atoms with Crippen molar-refractivity contribution in [2.45, 2.75) is 20.1 Å². The smallest absolute Gasteiger partial charge is 0.288 e. The Balaban J connectivity index is 1.74. The van der Waals surface area contributed by atoms with Crippen molar-refractivity contribution in [1.82, 2.24) is 14.7 Å². The van der Waals surface area contributed by atoms with Crippen molar-refractivity contribution in [1.29, 1.82) is 0 Å². The van der Waals surface area contributed by atoms with Crippen LogP contribution < -0.4 is 0 Å². The normalized spacial score (nSPS) is 11.1. The standard InChI is InChI=1S/C18H19N3OS/c1-14-8-6-7-11-16(14)12-20(2)13-21-18(23)22-17(19-21)15-9-4-3-5-10-15/h3-11H,12-13H2,1-2H3. The summed E-state index contributed by atoms with van der Waals surface area (Å²) in [6, 6.07) is 18.2. The van der Waals surface area contributed by atoms with Gasteiger partial charge in [0.05, 0.1) is 6.67 Å². The van der Waals surface area contributed by atoms with E-state index in [9.17, 15) is 0 Å². The van der Waals surface area contributed by atoms with E-state index < -0.39 is 0 Å². The van der Waals surface area contributed by atoms with Crippen LogP contribution in [0.1, 0.15) is 11.1 Å². The molecule has 0 aliphatic carbocycles. The molecule has 1 heterocycles. The lowest BCUT2D eigenvalue weighted by Gasteiger charge is -2.17. The van der Waals surface area contributed by atoms with Gasteiger partial charge in [0.15, 0.2) is 0 Å². The zero-order chi connectivity index (χ0) is 16.2. The van der Waals surface area contributed by atoms with E-state index >= 15 is 0 Å². The molecule has 2 aromatic carbocycles. The van der Waals surface area contributed by atoms with Crippen LogP contribution in [0.2, 0.25) is 0 Å². The van der Waals surface area contributed by atoms with Crippen LogP contribution in [0.15, 0.2) is 59.0 Å². The number of hydrogen-bond donors (Lipinski definition) is 0. The molecule has 0 spiro atoms. The first-order chi connectivity index (χ1) is 11.1. The first kappa shape index (κ1) is 15.6. The molecule has 3 rings (SSSR count). The van der Waals surface area contributed by atoms with Gasteiger partial charge in [-0.25, -0.2) is 4.68 Å². The SMILES string of the molecule is Cc1ccccc1CN(C)Cn1nc(-c2ccccc2)oc1=S. The summed E-state index contributed by atoms with van der Waals surface area (Å²) in [5, 5.41) is 4.49. The molecule has 0 saturated heterocycles. The maximum absolute atomic E-state index is 5.62. The minimum Gasteiger partial charge on any atom is -0.409 e. The summed E-state index contributed by atoms with van der Waals surface area (Å²) in [5.74, 6) is 0.555. The van der Waals surface area contributed by atoms with Crippen molar-refractivity contribution >= 4 is 12.2 Å². The monoisotopic (exact) mass is 325 g/mol. The Morgan fingerprint density at radius 1 is 1.09 bits per heavy atom. The van der Waals surface area contributed by atoms with E-state index in [0.717, 1.165) is 12.1 Å². The number of nitrogens with zero attached hydrogens (tertiary/aromatic N) is 3. The van der Waals surface area contributed by atoms with Crippen LogP contribution in [0.3, 0.4) is 0 Å². The van der Waals surface area contributed by atoms with Crippen molar-refractivity contribution in [2.75, 3.05) is 7.05 Å². The summed E-state index contributed by atoms with van der Waals surface area (Å²) in [6.07, 6.45) is 0. The van der Waals surface area contributed by atoms with Gasteiger partial charge in [0, 0.05) is 12.1 Å². The fourth-order valence-corrected chi connectivity index (χ4v) is 2.63. The van der Waals surface area contributed by atoms with Gasteiger partial charge in [0.2, 0.25) is 5.89 Å². The van der Waals surface area contributed by atoms with Crippen LogP contribution in [0.4, 0.5) is 0 Å². The average molecular weight is 325 g/mol. The van der Waals surface area contributed by atoms with Crippen LogP contribution in [0.25, 0.3) is 11.5 Å². The summed E-state index contributed by atoms with van der Waals surface area (Å²) >= 11 is 5.29. The van der Waals surface area contributed by atoms with Gasteiger partial charge in [-0.2, -0.15) is 0 Å². The highest BCUT2D eigenvalue weighted by Gasteiger charge is 2.10.